The highest BCUT2D eigenvalue weighted by molar-refractivity contribution is 9.10. The highest BCUT2D eigenvalue weighted by Gasteiger charge is 2.49. The van der Waals surface area contributed by atoms with Crippen LogP contribution in [-0.2, 0) is 11.3 Å². The van der Waals surface area contributed by atoms with E-state index in [1.54, 1.807) is 0 Å². The molecule has 2 aliphatic rings. The van der Waals surface area contributed by atoms with Crippen LogP contribution < -0.4 is 0 Å². The van der Waals surface area contributed by atoms with E-state index >= 15 is 0 Å². The molecule has 0 radical (unpaired) electrons. The van der Waals surface area contributed by atoms with Gasteiger partial charge < -0.3 is 14.7 Å². The first kappa shape index (κ1) is 12.0. The predicted molar refractivity (Wildman–Crippen MR) is 69.7 cm³/mol. The summed E-state index contributed by atoms with van der Waals surface area (Å²) in [5.41, 5.74) is 1.96. The molecule has 1 aromatic rings. The van der Waals surface area contributed by atoms with Gasteiger partial charge in [0.25, 0.3) is 0 Å². The fourth-order valence-corrected chi connectivity index (χ4v) is 3.47. The van der Waals surface area contributed by atoms with E-state index in [1.807, 2.05) is 19.1 Å². The highest BCUT2D eigenvalue weighted by atomic mass is 79.9. The van der Waals surface area contributed by atoms with Gasteiger partial charge in [-0.1, -0.05) is 28.1 Å². The molecule has 1 aromatic carbocycles. The topological polar surface area (TPSA) is 49.8 Å². The number of hydrogen-bond donors (Lipinski definition) is 1. The molecule has 1 saturated heterocycles. The Morgan fingerprint density at radius 2 is 2.39 bits per heavy atom. The molecule has 0 aromatic heterocycles. The maximum atomic E-state index is 11.1. The molecule has 1 N–H and O–H groups in total. The Labute approximate surface area is 114 Å². The third-order valence-electron chi connectivity index (χ3n) is 3.99. The van der Waals surface area contributed by atoms with Crippen LogP contribution >= 0.6 is 15.9 Å². The van der Waals surface area contributed by atoms with Crippen molar-refractivity contribution in [1.82, 2.24) is 4.90 Å². The molecule has 18 heavy (non-hydrogen) atoms. The summed E-state index contributed by atoms with van der Waals surface area (Å²) in [5, 5.41) is 9.14. The van der Waals surface area contributed by atoms with Gasteiger partial charge in [0.2, 0.25) is 0 Å². The van der Waals surface area contributed by atoms with Crippen LogP contribution in [0.4, 0.5) is 4.79 Å². The number of hydrogen-bond acceptors (Lipinski definition) is 2. The third kappa shape index (κ3) is 1.65. The van der Waals surface area contributed by atoms with Crippen molar-refractivity contribution >= 4 is 22.0 Å². The number of ether oxygens (including phenoxy) is 1. The molecule has 2 unspecified atom stereocenters. The van der Waals surface area contributed by atoms with Crippen LogP contribution in [0.5, 0.6) is 0 Å². The molecule has 96 valence electrons. The second-order valence-corrected chi connectivity index (χ2v) is 5.98. The summed E-state index contributed by atoms with van der Waals surface area (Å²) < 4.78 is 6.98. The molecule has 3 rings (SSSR count). The van der Waals surface area contributed by atoms with E-state index in [9.17, 15) is 4.79 Å². The monoisotopic (exact) mass is 311 g/mol. The Balaban J connectivity index is 2.04. The number of halogens is 1. The van der Waals surface area contributed by atoms with Gasteiger partial charge in [-0.25, -0.2) is 4.79 Å². The van der Waals surface area contributed by atoms with Crippen LogP contribution in [0.3, 0.4) is 0 Å². The number of carbonyl (C=O) groups is 1. The van der Waals surface area contributed by atoms with Gasteiger partial charge in [0, 0.05) is 16.9 Å². The lowest BCUT2D eigenvalue weighted by Gasteiger charge is -2.37. The molecule has 1 fully saturated rings. The molecule has 0 aliphatic carbocycles. The molecule has 2 aliphatic heterocycles. The van der Waals surface area contributed by atoms with Gasteiger partial charge in [-0.15, -0.1) is 0 Å². The van der Waals surface area contributed by atoms with Gasteiger partial charge in [-0.3, -0.25) is 0 Å². The number of nitrogens with zero attached hydrogens (tertiary/aromatic N) is 1. The molecule has 0 bridgehead atoms. The number of carboxylic acid groups (broad SMARTS) is 1. The van der Waals surface area contributed by atoms with Gasteiger partial charge >= 0.3 is 6.09 Å². The van der Waals surface area contributed by atoms with E-state index in [-0.39, 0.29) is 5.92 Å². The molecule has 2 atom stereocenters. The van der Waals surface area contributed by atoms with E-state index in [0.717, 1.165) is 10.0 Å². The van der Waals surface area contributed by atoms with Crippen LogP contribution in [0.2, 0.25) is 0 Å². The summed E-state index contributed by atoms with van der Waals surface area (Å²) >= 11 is 3.53. The van der Waals surface area contributed by atoms with Crippen molar-refractivity contribution in [1.29, 1.82) is 0 Å². The van der Waals surface area contributed by atoms with E-state index in [0.29, 0.717) is 19.7 Å². The quantitative estimate of drug-likeness (QED) is 0.801. The SMILES string of the molecule is CC12CN(C(=O)O)CC1c1cccc(Br)c1CO2. The van der Waals surface area contributed by atoms with Crippen molar-refractivity contribution in [2.24, 2.45) is 0 Å². The summed E-state index contributed by atoms with van der Waals surface area (Å²) in [6.45, 7) is 3.50. The van der Waals surface area contributed by atoms with Crippen molar-refractivity contribution in [2.75, 3.05) is 13.1 Å². The first-order valence-electron chi connectivity index (χ1n) is 5.90. The minimum atomic E-state index is -0.870. The summed E-state index contributed by atoms with van der Waals surface area (Å²) in [7, 11) is 0. The normalized spacial score (nSPS) is 29.9. The fraction of sp³-hybridized carbons (Fsp3) is 0.462. The minimum absolute atomic E-state index is 0.120. The number of fused-ring (bicyclic) bond motifs is 3. The molecule has 1 amide bonds. The zero-order chi connectivity index (χ0) is 12.9. The fourth-order valence-electron chi connectivity index (χ4n) is 2.98. The van der Waals surface area contributed by atoms with Crippen molar-refractivity contribution < 1.29 is 14.6 Å². The lowest BCUT2D eigenvalue weighted by Crippen LogP contribution is -2.40. The average Bonchev–Trinajstić information content (AvgIpc) is 2.67. The van der Waals surface area contributed by atoms with Gasteiger partial charge in [0.1, 0.15) is 0 Å². The number of benzene rings is 1. The zero-order valence-electron chi connectivity index (χ0n) is 10.0. The Hall–Kier alpha value is -1.07. The Morgan fingerprint density at radius 1 is 1.61 bits per heavy atom. The Kier molecular flexibility index (Phi) is 2.64. The molecule has 2 heterocycles. The number of rotatable bonds is 0. The Morgan fingerprint density at radius 3 is 3.11 bits per heavy atom. The van der Waals surface area contributed by atoms with E-state index in [4.69, 9.17) is 9.84 Å². The molecule has 5 heteroatoms. The van der Waals surface area contributed by atoms with Gasteiger partial charge in [0.05, 0.1) is 18.8 Å². The van der Waals surface area contributed by atoms with Crippen LogP contribution in [0, 0.1) is 0 Å². The second kappa shape index (κ2) is 3.96. The van der Waals surface area contributed by atoms with E-state index < -0.39 is 11.7 Å². The highest BCUT2D eigenvalue weighted by Crippen LogP contribution is 2.45. The maximum absolute atomic E-state index is 11.1. The Bertz CT molecular complexity index is 519. The number of amides is 1. The van der Waals surface area contributed by atoms with Crippen LogP contribution in [0.25, 0.3) is 0 Å². The van der Waals surface area contributed by atoms with Gasteiger partial charge in [-0.05, 0) is 24.1 Å². The van der Waals surface area contributed by atoms with Crippen molar-refractivity contribution in [2.45, 2.75) is 25.0 Å². The third-order valence-corrected chi connectivity index (χ3v) is 4.74. The van der Waals surface area contributed by atoms with Gasteiger partial charge in [-0.2, -0.15) is 0 Å². The summed E-state index contributed by atoms with van der Waals surface area (Å²) in [6.07, 6.45) is -0.870. The average molecular weight is 312 g/mol. The van der Waals surface area contributed by atoms with Crippen LogP contribution in [-0.4, -0.2) is 34.8 Å². The van der Waals surface area contributed by atoms with Crippen molar-refractivity contribution in [3.63, 3.8) is 0 Å². The summed E-state index contributed by atoms with van der Waals surface area (Å²) in [5.74, 6) is 0.120. The molecule has 0 spiro atoms. The molecule has 0 saturated carbocycles. The standard InChI is InChI=1S/C13H14BrNO3/c1-13-7-15(12(16)17)5-10(13)8-3-2-4-11(14)9(8)6-18-13/h2-4,10H,5-7H2,1H3,(H,16,17). The second-order valence-electron chi connectivity index (χ2n) is 5.12. The van der Waals surface area contributed by atoms with Crippen LogP contribution in [0.1, 0.15) is 24.0 Å². The summed E-state index contributed by atoms with van der Waals surface area (Å²) in [6, 6.07) is 6.07. The minimum Gasteiger partial charge on any atom is -0.465 e. The number of likely N-dealkylation sites (tertiary alicyclic amines) is 1. The first-order valence-corrected chi connectivity index (χ1v) is 6.70. The lowest BCUT2D eigenvalue weighted by molar-refractivity contribution is -0.0560. The first-order chi connectivity index (χ1) is 8.51. The van der Waals surface area contributed by atoms with Crippen molar-refractivity contribution in [3.05, 3.63) is 33.8 Å². The lowest BCUT2D eigenvalue weighted by atomic mass is 9.82. The maximum Gasteiger partial charge on any atom is 0.407 e. The predicted octanol–water partition coefficient (Wildman–Crippen LogP) is 2.82. The van der Waals surface area contributed by atoms with Crippen LogP contribution in [0.15, 0.2) is 22.7 Å². The molecule has 4 nitrogen and oxygen atoms in total. The molecular formula is C13H14BrNO3. The zero-order valence-corrected chi connectivity index (χ0v) is 11.6. The largest absolute Gasteiger partial charge is 0.465 e. The van der Waals surface area contributed by atoms with Crippen molar-refractivity contribution in [3.8, 4) is 0 Å². The summed E-state index contributed by atoms with van der Waals surface area (Å²) in [4.78, 5) is 12.6. The van der Waals surface area contributed by atoms with Gasteiger partial charge in [0.15, 0.2) is 0 Å². The smallest absolute Gasteiger partial charge is 0.407 e. The molecular weight excluding hydrogens is 298 g/mol. The van der Waals surface area contributed by atoms with E-state index in [1.165, 1.54) is 10.5 Å². The van der Waals surface area contributed by atoms with E-state index in [2.05, 4.69) is 22.0 Å².